The number of amides is 1. The number of ether oxygens (including phenoxy) is 3. The summed E-state index contributed by atoms with van der Waals surface area (Å²) in [6, 6.07) is 17.1. The van der Waals surface area contributed by atoms with Gasteiger partial charge in [-0.2, -0.15) is 0 Å². The van der Waals surface area contributed by atoms with Crippen molar-refractivity contribution in [1.82, 2.24) is 10.3 Å². The van der Waals surface area contributed by atoms with Gasteiger partial charge in [0.05, 0.1) is 32.4 Å². The minimum absolute atomic E-state index is 0.184. The third kappa shape index (κ3) is 5.27. The number of carbonyl (C=O) groups is 2. The van der Waals surface area contributed by atoms with E-state index in [1.165, 1.54) is 0 Å². The van der Waals surface area contributed by atoms with E-state index in [1.807, 2.05) is 60.4 Å². The molecular formula is C28H31N3O5. The molecule has 0 bridgehead atoms. The van der Waals surface area contributed by atoms with Gasteiger partial charge < -0.3 is 24.4 Å². The lowest BCUT2D eigenvalue weighted by molar-refractivity contribution is 0.0517. The maximum Gasteiger partial charge on any atom is 0.357 e. The van der Waals surface area contributed by atoms with Gasteiger partial charge in [-0.15, -0.1) is 0 Å². The van der Waals surface area contributed by atoms with Crippen LogP contribution in [-0.2, 0) is 17.8 Å². The second-order valence-electron chi connectivity index (χ2n) is 8.50. The van der Waals surface area contributed by atoms with Crippen LogP contribution in [0, 0.1) is 0 Å². The first-order valence-corrected chi connectivity index (χ1v) is 12.0. The van der Waals surface area contributed by atoms with Crippen LogP contribution in [0.4, 0.5) is 5.82 Å². The lowest BCUT2D eigenvalue weighted by atomic mass is 10.0. The molecule has 3 aromatic rings. The zero-order chi connectivity index (χ0) is 25.7. The minimum Gasteiger partial charge on any atom is -0.497 e. The van der Waals surface area contributed by atoms with Crippen molar-refractivity contribution in [1.29, 1.82) is 0 Å². The van der Waals surface area contributed by atoms with E-state index in [-0.39, 0.29) is 24.2 Å². The van der Waals surface area contributed by atoms with E-state index >= 15 is 0 Å². The fourth-order valence-electron chi connectivity index (χ4n) is 4.33. The van der Waals surface area contributed by atoms with Crippen molar-refractivity contribution < 1.29 is 23.8 Å². The van der Waals surface area contributed by atoms with Gasteiger partial charge in [0, 0.05) is 18.7 Å². The molecule has 8 nitrogen and oxygen atoms in total. The Balaban J connectivity index is 1.78. The molecule has 188 valence electrons. The molecule has 0 radical (unpaired) electrons. The first-order valence-electron chi connectivity index (χ1n) is 12.0. The maximum absolute atomic E-state index is 12.9. The highest BCUT2D eigenvalue weighted by molar-refractivity contribution is 6.03. The van der Waals surface area contributed by atoms with Gasteiger partial charge in [-0.3, -0.25) is 4.79 Å². The maximum atomic E-state index is 12.9. The van der Waals surface area contributed by atoms with Gasteiger partial charge in [0.2, 0.25) is 0 Å². The number of nitrogens with one attached hydrogen (secondary N) is 1. The van der Waals surface area contributed by atoms with Gasteiger partial charge >= 0.3 is 5.97 Å². The summed E-state index contributed by atoms with van der Waals surface area (Å²) in [4.78, 5) is 32.6. The number of fused-ring (bicyclic) bond motifs is 1. The van der Waals surface area contributed by atoms with Gasteiger partial charge in [-0.05, 0) is 54.8 Å². The van der Waals surface area contributed by atoms with Crippen LogP contribution in [0.1, 0.15) is 63.8 Å². The SMILES string of the molecule is CCOC(=O)c1nc(N(Cc2ccc(OC)cc2)Cc2ccc(OC)cc2)cc2c1C(CC)NC2=O. The van der Waals surface area contributed by atoms with Gasteiger partial charge in [0.1, 0.15) is 17.3 Å². The van der Waals surface area contributed by atoms with Crippen molar-refractivity contribution in [3.05, 3.63) is 82.5 Å². The van der Waals surface area contributed by atoms with Crippen molar-refractivity contribution in [3.8, 4) is 11.5 Å². The smallest absolute Gasteiger partial charge is 0.357 e. The summed E-state index contributed by atoms with van der Waals surface area (Å²) in [7, 11) is 3.26. The molecule has 2 aromatic carbocycles. The minimum atomic E-state index is -0.528. The summed E-state index contributed by atoms with van der Waals surface area (Å²) in [6.07, 6.45) is 0.646. The van der Waals surface area contributed by atoms with Crippen LogP contribution in [0.15, 0.2) is 54.6 Å². The number of rotatable bonds is 10. The predicted octanol–water partition coefficient (Wildman–Crippen LogP) is 4.68. The number of hydrogen-bond acceptors (Lipinski definition) is 7. The van der Waals surface area contributed by atoms with E-state index in [2.05, 4.69) is 5.32 Å². The fraction of sp³-hybridized carbons (Fsp3) is 0.321. The summed E-state index contributed by atoms with van der Waals surface area (Å²) >= 11 is 0. The molecule has 1 aromatic heterocycles. The molecule has 1 aliphatic heterocycles. The van der Waals surface area contributed by atoms with Gasteiger partial charge in [0.15, 0.2) is 5.69 Å². The largest absolute Gasteiger partial charge is 0.497 e. The number of aromatic nitrogens is 1. The third-order valence-electron chi connectivity index (χ3n) is 6.21. The Labute approximate surface area is 211 Å². The van der Waals surface area contributed by atoms with Crippen LogP contribution in [-0.4, -0.2) is 37.7 Å². The molecule has 36 heavy (non-hydrogen) atoms. The van der Waals surface area contributed by atoms with Crippen LogP contribution in [0.3, 0.4) is 0 Å². The fourth-order valence-corrected chi connectivity index (χ4v) is 4.33. The molecule has 0 aliphatic carbocycles. The number of esters is 1. The van der Waals surface area contributed by atoms with E-state index in [1.54, 1.807) is 27.2 Å². The molecule has 2 heterocycles. The molecule has 0 saturated carbocycles. The molecule has 8 heteroatoms. The highest BCUT2D eigenvalue weighted by Crippen LogP contribution is 2.34. The zero-order valence-electron chi connectivity index (χ0n) is 21.0. The van der Waals surface area contributed by atoms with Crippen LogP contribution in [0.25, 0.3) is 0 Å². The molecule has 0 spiro atoms. The molecule has 0 fully saturated rings. The van der Waals surface area contributed by atoms with Crippen LogP contribution in [0.2, 0.25) is 0 Å². The Hall–Kier alpha value is -4.07. The number of hydrogen-bond donors (Lipinski definition) is 1. The number of pyridine rings is 1. The normalized spacial score (nSPS) is 14.1. The third-order valence-corrected chi connectivity index (χ3v) is 6.21. The summed E-state index contributed by atoms with van der Waals surface area (Å²) in [5.74, 6) is 1.32. The van der Waals surface area contributed by atoms with Gasteiger partial charge in [0.25, 0.3) is 5.91 Å². The number of carbonyl (C=O) groups excluding carboxylic acids is 2. The van der Waals surface area contributed by atoms with Crippen molar-refractivity contribution in [2.24, 2.45) is 0 Å². The standard InChI is InChI=1S/C28H31N3O5/c1-5-23-25-22(27(32)29-23)15-24(30-26(25)28(33)36-6-2)31(16-18-7-11-20(34-3)12-8-18)17-19-9-13-21(35-4)14-10-19/h7-15,23H,5-6,16-17H2,1-4H3,(H,29,32). The van der Waals surface area contributed by atoms with Crippen LogP contribution in [0.5, 0.6) is 11.5 Å². The summed E-state index contributed by atoms with van der Waals surface area (Å²) in [5.41, 5.74) is 3.31. The van der Waals surface area contributed by atoms with Crippen molar-refractivity contribution in [2.45, 2.75) is 39.4 Å². The summed E-state index contributed by atoms with van der Waals surface area (Å²) in [6.45, 7) is 4.94. The van der Waals surface area contributed by atoms with E-state index < -0.39 is 5.97 Å². The molecule has 0 saturated heterocycles. The molecule has 1 N–H and O–H groups in total. The molecule has 1 atom stereocenters. The summed E-state index contributed by atoms with van der Waals surface area (Å²) in [5, 5.41) is 2.96. The molecule has 4 rings (SSSR count). The topological polar surface area (TPSA) is 90.0 Å². The highest BCUT2D eigenvalue weighted by atomic mass is 16.5. The average Bonchev–Trinajstić information content (AvgIpc) is 3.24. The quantitative estimate of drug-likeness (QED) is 0.414. The number of benzene rings is 2. The van der Waals surface area contributed by atoms with E-state index in [0.717, 1.165) is 22.6 Å². The van der Waals surface area contributed by atoms with Gasteiger partial charge in [-0.1, -0.05) is 31.2 Å². The van der Waals surface area contributed by atoms with Crippen molar-refractivity contribution in [2.75, 3.05) is 25.7 Å². The van der Waals surface area contributed by atoms with Crippen molar-refractivity contribution >= 4 is 17.7 Å². The zero-order valence-corrected chi connectivity index (χ0v) is 21.0. The van der Waals surface area contributed by atoms with Crippen LogP contribution < -0.4 is 19.7 Å². The number of nitrogens with zero attached hydrogens (tertiary/aromatic N) is 2. The van der Waals surface area contributed by atoms with E-state index in [4.69, 9.17) is 19.2 Å². The van der Waals surface area contributed by atoms with Gasteiger partial charge in [-0.25, -0.2) is 9.78 Å². The van der Waals surface area contributed by atoms with E-state index in [0.29, 0.717) is 36.5 Å². The Bertz CT molecular complexity index is 1180. The Morgan fingerprint density at radius 1 is 0.944 bits per heavy atom. The highest BCUT2D eigenvalue weighted by Gasteiger charge is 2.35. The Morgan fingerprint density at radius 3 is 1.97 bits per heavy atom. The Morgan fingerprint density at radius 2 is 1.50 bits per heavy atom. The Kier molecular flexibility index (Phi) is 7.73. The monoisotopic (exact) mass is 489 g/mol. The molecule has 1 aliphatic rings. The lowest BCUT2D eigenvalue weighted by Gasteiger charge is -2.26. The molecular weight excluding hydrogens is 458 g/mol. The molecule has 1 unspecified atom stereocenters. The number of anilines is 1. The van der Waals surface area contributed by atoms with Crippen LogP contribution >= 0.6 is 0 Å². The lowest BCUT2D eigenvalue weighted by Crippen LogP contribution is -2.25. The average molecular weight is 490 g/mol. The predicted molar refractivity (Wildman–Crippen MR) is 137 cm³/mol. The second-order valence-corrected chi connectivity index (χ2v) is 8.50. The first-order chi connectivity index (χ1) is 17.5. The van der Waals surface area contributed by atoms with E-state index in [9.17, 15) is 9.59 Å². The summed E-state index contributed by atoms with van der Waals surface area (Å²) < 4.78 is 15.9. The second kappa shape index (κ2) is 11.1. The first kappa shape index (κ1) is 25.0. The molecule has 1 amide bonds. The number of methoxy groups -OCH3 is 2. The van der Waals surface area contributed by atoms with Crippen molar-refractivity contribution in [3.63, 3.8) is 0 Å².